The lowest BCUT2D eigenvalue weighted by Crippen LogP contribution is -2.20. The van der Waals surface area contributed by atoms with E-state index in [9.17, 15) is 9.59 Å². The number of rotatable bonds is 1. The zero-order chi connectivity index (χ0) is 10.7. The van der Waals surface area contributed by atoms with Crippen LogP contribution in [-0.4, -0.2) is 17.3 Å². The highest BCUT2D eigenvalue weighted by atomic mass is 16.5. The van der Waals surface area contributed by atoms with Gasteiger partial charge in [-0.05, 0) is 20.8 Å². The van der Waals surface area contributed by atoms with Crippen LogP contribution in [0.1, 0.15) is 18.2 Å². The van der Waals surface area contributed by atoms with Crippen molar-refractivity contribution in [3.63, 3.8) is 0 Å². The van der Waals surface area contributed by atoms with Gasteiger partial charge in [-0.2, -0.15) is 0 Å². The lowest BCUT2D eigenvalue weighted by atomic mass is 10.2. The zero-order valence-electron chi connectivity index (χ0n) is 8.53. The average molecular weight is 195 g/mol. The van der Waals surface area contributed by atoms with Crippen LogP contribution in [0.5, 0.6) is 0 Å². The van der Waals surface area contributed by atoms with Gasteiger partial charge in [0.2, 0.25) is 0 Å². The van der Waals surface area contributed by atoms with E-state index < -0.39 is 6.09 Å². The molecular weight excluding hydrogens is 182 g/mol. The smallest absolute Gasteiger partial charge is 0.418 e. The Labute approximate surface area is 82.1 Å². The van der Waals surface area contributed by atoms with Crippen molar-refractivity contribution in [2.45, 2.75) is 20.8 Å². The first-order valence-electron chi connectivity index (χ1n) is 4.43. The molecule has 1 heterocycles. The van der Waals surface area contributed by atoms with Gasteiger partial charge in [0.1, 0.15) is 0 Å². The van der Waals surface area contributed by atoms with E-state index in [0.29, 0.717) is 17.9 Å². The molecular formula is C10H13NO3. The summed E-state index contributed by atoms with van der Waals surface area (Å²) in [5.74, 6) is 0. The third-order valence-corrected chi connectivity index (χ3v) is 1.90. The van der Waals surface area contributed by atoms with Crippen LogP contribution < -0.4 is 5.43 Å². The van der Waals surface area contributed by atoms with Gasteiger partial charge in [0, 0.05) is 23.5 Å². The predicted octanol–water partition coefficient (Wildman–Crippen LogP) is 1.47. The predicted molar refractivity (Wildman–Crippen MR) is 52.6 cm³/mol. The van der Waals surface area contributed by atoms with Gasteiger partial charge in [0.05, 0.1) is 6.61 Å². The van der Waals surface area contributed by atoms with Gasteiger partial charge in [0.15, 0.2) is 5.43 Å². The molecule has 4 heteroatoms. The van der Waals surface area contributed by atoms with E-state index in [1.165, 1.54) is 16.8 Å². The molecule has 0 amide bonds. The highest BCUT2D eigenvalue weighted by molar-refractivity contribution is 5.71. The van der Waals surface area contributed by atoms with Gasteiger partial charge in [-0.3, -0.25) is 9.36 Å². The minimum absolute atomic E-state index is 0.0666. The molecule has 0 atom stereocenters. The second-order valence-electron chi connectivity index (χ2n) is 3.03. The molecule has 0 radical (unpaired) electrons. The van der Waals surface area contributed by atoms with Crippen molar-refractivity contribution in [2.24, 2.45) is 0 Å². The average Bonchev–Trinajstić information content (AvgIpc) is 2.11. The monoisotopic (exact) mass is 195 g/mol. The first-order valence-corrected chi connectivity index (χ1v) is 4.43. The van der Waals surface area contributed by atoms with Gasteiger partial charge >= 0.3 is 6.09 Å². The molecule has 0 aliphatic carbocycles. The molecule has 0 spiro atoms. The summed E-state index contributed by atoms with van der Waals surface area (Å²) in [6, 6.07) is 1.42. The molecule has 14 heavy (non-hydrogen) atoms. The zero-order valence-corrected chi connectivity index (χ0v) is 8.53. The summed E-state index contributed by atoms with van der Waals surface area (Å²) in [5.41, 5.74) is 1.05. The van der Waals surface area contributed by atoms with Crippen molar-refractivity contribution in [3.05, 3.63) is 33.7 Å². The first-order chi connectivity index (χ1) is 6.56. The van der Waals surface area contributed by atoms with E-state index in [-0.39, 0.29) is 5.43 Å². The van der Waals surface area contributed by atoms with Gasteiger partial charge in [-0.1, -0.05) is 0 Å². The van der Waals surface area contributed by atoms with E-state index in [4.69, 9.17) is 4.74 Å². The van der Waals surface area contributed by atoms with E-state index in [0.717, 1.165) is 0 Å². The van der Waals surface area contributed by atoms with Crippen LogP contribution in [0, 0.1) is 13.8 Å². The maximum Gasteiger partial charge on any atom is 0.418 e. The fraction of sp³-hybridized carbons (Fsp3) is 0.400. The fourth-order valence-corrected chi connectivity index (χ4v) is 1.12. The minimum Gasteiger partial charge on any atom is -0.449 e. The molecule has 0 aromatic carbocycles. The standard InChI is InChI=1S/C10H13NO3/c1-4-14-10(13)11-6-7(2)9(12)5-8(11)3/h5-6H,4H2,1-3H3. The highest BCUT2D eigenvalue weighted by Gasteiger charge is 2.07. The Morgan fingerprint density at radius 1 is 1.50 bits per heavy atom. The second-order valence-corrected chi connectivity index (χ2v) is 3.03. The number of aryl methyl sites for hydroxylation is 2. The molecule has 0 aliphatic rings. The minimum atomic E-state index is -0.451. The summed E-state index contributed by atoms with van der Waals surface area (Å²) in [5, 5.41) is 0. The lowest BCUT2D eigenvalue weighted by Gasteiger charge is -2.08. The fourth-order valence-electron chi connectivity index (χ4n) is 1.12. The molecule has 0 saturated heterocycles. The van der Waals surface area contributed by atoms with Crippen LogP contribution in [0.25, 0.3) is 0 Å². The molecule has 0 N–H and O–H groups in total. The Morgan fingerprint density at radius 3 is 2.71 bits per heavy atom. The molecule has 0 saturated carbocycles. The Balaban J connectivity index is 3.16. The van der Waals surface area contributed by atoms with Crippen molar-refractivity contribution in [1.82, 2.24) is 4.57 Å². The molecule has 0 bridgehead atoms. The maximum absolute atomic E-state index is 11.4. The number of aromatic nitrogens is 1. The van der Waals surface area contributed by atoms with Gasteiger partial charge in [-0.15, -0.1) is 0 Å². The van der Waals surface area contributed by atoms with E-state index in [2.05, 4.69) is 0 Å². The normalized spacial score (nSPS) is 9.93. The van der Waals surface area contributed by atoms with Crippen molar-refractivity contribution < 1.29 is 9.53 Å². The number of nitrogens with zero attached hydrogens (tertiary/aromatic N) is 1. The molecule has 1 aromatic heterocycles. The lowest BCUT2D eigenvalue weighted by molar-refractivity contribution is 0.153. The van der Waals surface area contributed by atoms with Gasteiger partial charge in [-0.25, -0.2) is 4.79 Å². The third-order valence-electron chi connectivity index (χ3n) is 1.90. The van der Waals surface area contributed by atoms with Crippen LogP contribution in [0.15, 0.2) is 17.1 Å². The van der Waals surface area contributed by atoms with Crippen molar-refractivity contribution in [3.8, 4) is 0 Å². The summed E-state index contributed by atoms with van der Waals surface area (Å²) in [7, 11) is 0. The summed E-state index contributed by atoms with van der Waals surface area (Å²) >= 11 is 0. The van der Waals surface area contributed by atoms with Crippen molar-refractivity contribution in [1.29, 1.82) is 0 Å². The number of carbonyl (C=O) groups is 1. The SMILES string of the molecule is CCOC(=O)n1cc(C)c(=O)cc1C. The molecule has 0 aliphatic heterocycles. The Kier molecular flexibility index (Phi) is 3.06. The maximum atomic E-state index is 11.4. The van der Waals surface area contributed by atoms with Crippen molar-refractivity contribution in [2.75, 3.05) is 6.61 Å². The van der Waals surface area contributed by atoms with Crippen LogP contribution in [0.2, 0.25) is 0 Å². The number of pyridine rings is 1. The van der Waals surface area contributed by atoms with Crippen LogP contribution in [0.3, 0.4) is 0 Å². The van der Waals surface area contributed by atoms with Gasteiger partial charge in [0.25, 0.3) is 0 Å². The Hall–Kier alpha value is -1.58. The first kappa shape index (κ1) is 10.5. The van der Waals surface area contributed by atoms with Crippen LogP contribution in [0.4, 0.5) is 4.79 Å². The second kappa shape index (κ2) is 4.09. The molecule has 0 fully saturated rings. The van der Waals surface area contributed by atoms with Crippen LogP contribution >= 0.6 is 0 Å². The number of carbonyl (C=O) groups excluding carboxylic acids is 1. The number of hydrogen-bond acceptors (Lipinski definition) is 3. The van der Waals surface area contributed by atoms with E-state index >= 15 is 0 Å². The molecule has 76 valence electrons. The summed E-state index contributed by atoms with van der Waals surface area (Å²) in [6.07, 6.45) is 1.04. The Bertz CT molecular complexity index is 406. The molecule has 1 aromatic rings. The van der Waals surface area contributed by atoms with E-state index in [1.807, 2.05) is 0 Å². The topological polar surface area (TPSA) is 48.3 Å². The van der Waals surface area contributed by atoms with E-state index in [1.54, 1.807) is 20.8 Å². The van der Waals surface area contributed by atoms with Gasteiger partial charge < -0.3 is 4.74 Å². The number of hydrogen-bond donors (Lipinski definition) is 0. The molecule has 1 rings (SSSR count). The Morgan fingerprint density at radius 2 is 2.14 bits per heavy atom. The van der Waals surface area contributed by atoms with Crippen LogP contribution in [-0.2, 0) is 4.74 Å². The molecule has 4 nitrogen and oxygen atoms in total. The summed E-state index contributed by atoms with van der Waals surface area (Å²) in [4.78, 5) is 22.6. The largest absolute Gasteiger partial charge is 0.449 e. The highest BCUT2D eigenvalue weighted by Crippen LogP contribution is 1.99. The molecule has 0 unspecified atom stereocenters. The number of ether oxygens (including phenoxy) is 1. The quantitative estimate of drug-likeness (QED) is 0.681. The third kappa shape index (κ3) is 2.02. The summed E-state index contributed by atoms with van der Waals surface area (Å²) < 4.78 is 6.16. The van der Waals surface area contributed by atoms with Crippen molar-refractivity contribution >= 4 is 6.09 Å². The summed E-state index contributed by atoms with van der Waals surface area (Å²) in [6.45, 7) is 5.42.